The molecule has 0 nitrogen and oxygen atoms in total. The summed E-state index contributed by atoms with van der Waals surface area (Å²) >= 11 is 0. The molecule has 57 heavy (non-hydrogen) atoms. The highest BCUT2D eigenvalue weighted by Crippen LogP contribution is 2.65. The molecule has 3 aliphatic carbocycles. The molecule has 0 bridgehead atoms. The van der Waals surface area contributed by atoms with Crippen LogP contribution in [-0.4, -0.2) is 0 Å². The third kappa shape index (κ3) is 7.15. The fourth-order valence-electron chi connectivity index (χ4n) is 9.23. The van der Waals surface area contributed by atoms with Gasteiger partial charge in [-0.15, -0.1) is 0 Å². The molecule has 0 radical (unpaired) electrons. The highest BCUT2D eigenvalue weighted by Gasteiger charge is 2.53. The molecule has 2 atom stereocenters. The first kappa shape index (κ1) is 40.7. The fraction of sp³-hybridized carbons (Fsp3) is 0.193. The van der Waals surface area contributed by atoms with Crippen LogP contribution in [0.4, 0.5) is 0 Å². The van der Waals surface area contributed by atoms with Gasteiger partial charge in [-0.05, 0) is 115 Å². The first-order valence-corrected chi connectivity index (χ1v) is 20.4. The standard InChI is InChI=1S/C36H32.C18H16.C2H6.CH4/c1-5-7-8-13-24(3)34-25(4)36(32-18-10-9-14-29(32)30-16-12-19-33(30)36)35-28(15-11-17-31(34)35)27-22-20-26(6-2)21-23-27;1-14(15-8-3-2-4-9-15)17-13-7-11-16-10-5-6-12-18(16)17;1-2;/h5,7-15,17-23H,3,6,16H2,1-2,4H3;2-14H,1H3;1-2H3;1H4/b7-5-,13-8-;;;. The Hall–Kier alpha value is -5.98. The van der Waals surface area contributed by atoms with Crippen LogP contribution in [0.3, 0.4) is 0 Å². The molecule has 0 fully saturated rings. The summed E-state index contributed by atoms with van der Waals surface area (Å²) in [6.07, 6.45) is 15.2. The summed E-state index contributed by atoms with van der Waals surface area (Å²) in [7, 11) is 0. The second-order valence-corrected chi connectivity index (χ2v) is 14.7. The lowest BCUT2D eigenvalue weighted by Crippen LogP contribution is -2.27. The Morgan fingerprint density at radius 3 is 2.14 bits per heavy atom. The second-order valence-electron chi connectivity index (χ2n) is 14.7. The lowest BCUT2D eigenvalue weighted by Gasteiger charge is -2.34. The number of benzene rings is 6. The molecule has 6 aromatic carbocycles. The summed E-state index contributed by atoms with van der Waals surface area (Å²) in [6, 6.07) is 50.9. The van der Waals surface area contributed by atoms with Gasteiger partial charge >= 0.3 is 0 Å². The largest absolute Gasteiger partial charge is 0.0911 e. The molecule has 0 heteroatoms. The van der Waals surface area contributed by atoms with Crippen molar-refractivity contribution in [2.45, 2.75) is 73.1 Å². The van der Waals surface area contributed by atoms with Crippen molar-refractivity contribution in [1.82, 2.24) is 0 Å². The van der Waals surface area contributed by atoms with E-state index in [0.717, 1.165) is 18.4 Å². The second kappa shape index (κ2) is 17.9. The van der Waals surface area contributed by atoms with Gasteiger partial charge in [0.05, 0.1) is 5.41 Å². The Morgan fingerprint density at radius 1 is 0.737 bits per heavy atom. The van der Waals surface area contributed by atoms with Gasteiger partial charge in [0.15, 0.2) is 0 Å². The molecular formula is C57H58. The van der Waals surface area contributed by atoms with Gasteiger partial charge in [0.2, 0.25) is 0 Å². The summed E-state index contributed by atoms with van der Waals surface area (Å²) in [6.45, 7) is 17.4. The summed E-state index contributed by atoms with van der Waals surface area (Å²) in [5.74, 6) is 0.428. The Morgan fingerprint density at radius 2 is 1.39 bits per heavy atom. The van der Waals surface area contributed by atoms with Crippen LogP contribution in [0.5, 0.6) is 0 Å². The number of aryl methyl sites for hydroxylation is 1. The molecule has 0 saturated carbocycles. The molecule has 0 amide bonds. The van der Waals surface area contributed by atoms with Gasteiger partial charge < -0.3 is 0 Å². The fourth-order valence-corrected chi connectivity index (χ4v) is 9.23. The Kier molecular flexibility index (Phi) is 12.8. The molecule has 0 aliphatic heterocycles. The average molecular weight is 743 g/mol. The SMILES string of the molecule is C.C=C(/C=C\C=C/C)C1=C(C)C2(C3=C(CC=C3)c3ccccc32)c2c1cccc2-c1ccc(CC)cc1.CC.CC(c1ccccc1)c1cccc2ccccc12. The molecule has 286 valence electrons. The Bertz CT molecular complexity index is 2520. The first-order valence-electron chi connectivity index (χ1n) is 20.4. The van der Waals surface area contributed by atoms with Crippen LogP contribution >= 0.6 is 0 Å². The van der Waals surface area contributed by atoms with Crippen molar-refractivity contribution in [2.24, 2.45) is 0 Å². The van der Waals surface area contributed by atoms with Crippen LogP contribution in [0.15, 0.2) is 199 Å². The van der Waals surface area contributed by atoms with E-state index in [0.29, 0.717) is 5.92 Å². The normalized spacial score (nSPS) is 16.5. The van der Waals surface area contributed by atoms with E-state index < -0.39 is 0 Å². The Labute approximate surface area is 343 Å². The molecule has 9 rings (SSSR count). The predicted molar refractivity (Wildman–Crippen MR) is 251 cm³/mol. The van der Waals surface area contributed by atoms with Gasteiger partial charge in [0.25, 0.3) is 0 Å². The molecule has 1 spiro atoms. The number of fused-ring (bicyclic) bond motifs is 7. The third-order valence-electron chi connectivity index (χ3n) is 11.8. The molecule has 0 saturated heterocycles. The highest BCUT2D eigenvalue weighted by atomic mass is 14.5. The van der Waals surface area contributed by atoms with Gasteiger partial charge in [0.1, 0.15) is 0 Å². The van der Waals surface area contributed by atoms with Gasteiger partial charge in [-0.3, -0.25) is 0 Å². The zero-order valence-electron chi connectivity index (χ0n) is 33.9. The number of rotatable bonds is 7. The number of hydrogen-bond donors (Lipinski definition) is 0. The van der Waals surface area contributed by atoms with E-state index in [1.807, 2.05) is 20.8 Å². The number of allylic oxidation sites excluding steroid dienone is 11. The van der Waals surface area contributed by atoms with Crippen molar-refractivity contribution in [2.75, 3.05) is 0 Å². The van der Waals surface area contributed by atoms with Gasteiger partial charge in [-0.25, -0.2) is 0 Å². The maximum absolute atomic E-state index is 4.57. The maximum atomic E-state index is 4.57. The molecule has 0 aromatic heterocycles. The van der Waals surface area contributed by atoms with Crippen molar-refractivity contribution in [1.29, 1.82) is 0 Å². The third-order valence-corrected chi connectivity index (χ3v) is 11.8. The van der Waals surface area contributed by atoms with E-state index in [-0.39, 0.29) is 12.8 Å². The van der Waals surface area contributed by atoms with Gasteiger partial charge in [-0.2, -0.15) is 0 Å². The highest BCUT2D eigenvalue weighted by molar-refractivity contribution is 6.02. The van der Waals surface area contributed by atoms with E-state index in [4.69, 9.17) is 0 Å². The molecule has 0 heterocycles. The van der Waals surface area contributed by atoms with E-state index in [2.05, 4.69) is 203 Å². The van der Waals surface area contributed by atoms with Gasteiger partial charge in [-0.1, -0.05) is 218 Å². The van der Waals surface area contributed by atoms with E-state index in [1.54, 1.807) is 0 Å². The molecule has 0 N–H and O–H groups in total. The molecule has 2 unspecified atom stereocenters. The molecule has 3 aliphatic rings. The monoisotopic (exact) mass is 742 g/mol. The van der Waals surface area contributed by atoms with E-state index in [9.17, 15) is 0 Å². The lowest BCUT2D eigenvalue weighted by molar-refractivity contribution is 0.762. The summed E-state index contributed by atoms with van der Waals surface area (Å²) in [5, 5.41) is 2.68. The predicted octanol–water partition coefficient (Wildman–Crippen LogP) is 16.1. The van der Waals surface area contributed by atoms with Gasteiger partial charge in [0, 0.05) is 5.92 Å². The first-order chi connectivity index (χ1) is 27.5. The van der Waals surface area contributed by atoms with Crippen LogP contribution < -0.4 is 0 Å². The van der Waals surface area contributed by atoms with Crippen LogP contribution in [-0.2, 0) is 11.8 Å². The zero-order valence-corrected chi connectivity index (χ0v) is 33.9. The zero-order chi connectivity index (χ0) is 39.2. The smallest absolute Gasteiger partial charge is 0.0688 e. The maximum Gasteiger partial charge on any atom is 0.0688 e. The minimum Gasteiger partial charge on any atom is -0.0911 e. The molecule has 6 aromatic rings. The quantitative estimate of drug-likeness (QED) is 0.143. The topological polar surface area (TPSA) is 0 Å². The van der Waals surface area contributed by atoms with Crippen molar-refractivity contribution in [3.05, 3.63) is 238 Å². The number of hydrogen-bond acceptors (Lipinski definition) is 0. The molecular weight excluding hydrogens is 685 g/mol. The van der Waals surface area contributed by atoms with Crippen LogP contribution in [0.2, 0.25) is 0 Å². The van der Waals surface area contributed by atoms with Crippen molar-refractivity contribution in [3.8, 4) is 11.1 Å². The van der Waals surface area contributed by atoms with Crippen LogP contribution in [0, 0.1) is 0 Å². The van der Waals surface area contributed by atoms with Crippen LogP contribution in [0.1, 0.15) is 100 Å². The minimum atomic E-state index is -0.291. The van der Waals surface area contributed by atoms with Crippen LogP contribution in [0.25, 0.3) is 33.0 Å². The van der Waals surface area contributed by atoms with Crippen molar-refractivity contribution < 1.29 is 0 Å². The summed E-state index contributed by atoms with van der Waals surface area (Å²) in [4.78, 5) is 0. The summed E-state index contributed by atoms with van der Waals surface area (Å²) < 4.78 is 0. The van der Waals surface area contributed by atoms with Crippen molar-refractivity contribution in [3.63, 3.8) is 0 Å². The summed E-state index contributed by atoms with van der Waals surface area (Å²) in [5.41, 5.74) is 18.6. The van der Waals surface area contributed by atoms with Crippen molar-refractivity contribution >= 4 is 21.9 Å². The average Bonchev–Trinajstić information content (AvgIpc) is 3.93. The minimum absolute atomic E-state index is 0. The van der Waals surface area contributed by atoms with E-state index >= 15 is 0 Å². The lowest BCUT2D eigenvalue weighted by atomic mass is 9.67. The Balaban J connectivity index is 0.000000220. The van der Waals surface area contributed by atoms with E-state index in [1.165, 1.54) is 83.1 Å².